The van der Waals surface area contributed by atoms with E-state index in [1.54, 1.807) is 0 Å². The molecule has 1 rings (SSSR count). The Morgan fingerprint density at radius 1 is 1.29 bits per heavy atom. The van der Waals surface area contributed by atoms with Gasteiger partial charge in [-0.25, -0.2) is 0 Å². The van der Waals surface area contributed by atoms with Crippen LogP contribution in [-0.4, -0.2) is 37.5 Å². The summed E-state index contributed by atoms with van der Waals surface area (Å²) >= 11 is 0. The number of nitrogens with one attached hydrogen (secondary N) is 1. The van der Waals surface area contributed by atoms with Crippen LogP contribution in [0.3, 0.4) is 0 Å². The first kappa shape index (κ1) is 16.7. The third-order valence-corrected chi connectivity index (χ3v) is 3.92. The summed E-state index contributed by atoms with van der Waals surface area (Å²) < 4.78 is 0. The second kappa shape index (κ2) is 8.76. The van der Waals surface area contributed by atoms with Crippen molar-refractivity contribution in [2.45, 2.75) is 51.5 Å². The van der Waals surface area contributed by atoms with E-state index in [1.165, 1.54) is 32.1 Å². The minimum Gasteiger partial charge on any atom is -0.343 e. The van der Waals surface area contributed by atoms with Crippen LogP contribution in [0.25, 0.3) is 0 Å². The third kappa shape index (κ3) is 5.26. The van der Waals surface area contributed by atoms with E-state index in [4.69, 9.17) is 0 Å². The van der Waals surface area contributed by atoms with E-state index >= 15 is 0 Å². The highest BCUT2D eigenvalue weighted by molar-refractivity contribution is 5.85. The van der Waals surface area contributed by atoms with Crippen LogP contribution in [0.2, 0.25) is 0 Å². The first-order valence-corrected chi connectivity index (χ1v) is 6.59. The van der Waals surface area contributed by atoms with Crippen molar-refractivity contribution in [3.05, 3.63) is 0 Å². The molecular formula is C13H27ClN2O. The molecule has 0 aromatic rings. The molecule has 1 fully saturated rings. The zero-order valence-corrected chi connectivity index (χ0v) is 12.2. The van der Waals surface area contributed by atoms with Crippen molar-refractivity contribution < 1.29 is 4.79 Å². The normalized spacial score (nSPS) is 23.9. The lowest BCUT2D eigenvalue weighted by atomic mass is 9.84. The molecule has 0 aliphatic heterocycles. The van der Waals surface area contributed by atoms with Crippen LogP contribution in [0.4, 0.5) is 0 Å². The number of halogens is 1. The van der Waals surface area contributed by atoms with Crippen molar-refractivity contribution in [1.82, 2.24) is 10.2 Å². The summed E-state index contributed by atoms with van der Waals surface area (Å²) in [6.45, 7) is 3.06. The highest BCUT2D eigenvalue weighted by atomic mass is 35.5. The Hall–Kier alpha value is -0.280. The molecule has 0 unspecified atom stereocenters. The molecule has 4 heteroatoms. The molecule has 17 heavy (non-hydrogen) atoms. The predicted octanol–water partition coefficient (Wildman–Crippen LogP) is 2.44. The van der Waals surface area contributed by atoms with Gasteiger partial charge in [0.05, 0.1) is 0 Å². The highest BCUT2D eigenvalue weighted by Crippen LogP contribution is 2.29. The Labute approximate surface area is 112 Å². The number of carbonyl (C=O) groups excluding carboxylic acids is 1. The number of amides is 1. The lowest BCUT2D eigenvalue weighted by molar-refractivity contribution is -0.132. The zero-order chi connectivity index (χ0) is 12.0. The lowest BCUT2D eigenvalue weighted by Gasteiger charge is -2.34. The van der Waals surface area contributed by atoms with Gasteiger partial charge < -0.3 is 10.2 Å². The van der Waals surface area contributed by atoms with E-state index in [9.17, 15) is 4.79 Å². The SMILES string of the molecule is CCC1CCC(N(C)C(=O)CCNC)CC1.Cl. The maximum Gasteiger partial charge on any atom is 0.223 e. The van der Waals surface area contributed by atoms with Gasteiger partial charge >= 0.3 is 0 Å². The Bertz CT molecular complexity index is 215. The molecule has 0 radical (unpaired) electrons. The van der Waals surface area contributed by atoms with E-state index in [0.717, 1.165) is 12.5 Å². The smallest absolute Gasteiger partial charge is 0.223 e. The zero-order valence-electron chi connectivity index (χ0n) is 11.4. The van der Waals surface area contributed by atoms with Crippen LogP contribution in [0, 0.1) is 5.92 Å². The van der Waals surface area contributed by atoms with Crippen LogP contribution in [0.5, 0.6) is 0 Å². The van der Waals surface area contributed by atoms with Gasteiger partial charge in [0.2, 0.25) is 5.91 Å². The third-order valence-electron chi connectivity index (χ3n) is 3.92. The van der Waals surface area contributed by atoms with Gasteiger partial charge in [0, 0.05) is 26.1 Å². The van der Waals surface area contributed by atoms with Crippen molar-refractivity contribution in [1.29, 1.82) is 0 Å². The fraction of sp³-hybridized carbons (Fsp3) is 0.923. The van der Waals surface area contributed by atoms with E-state index in [2.05, 4.69) is 12.2 Å². The van der Waals surface area contributed by atoms with Gasteiger partial charge in [0.1, 0.15) is 0 Å². The molecule has 1 aliphatic carbocycles. The van der Waals surface area contributed by atoms with Gasteiger partial charge in [-0.2, -0.15) is 0 Å². The molecule has 0 saturated heterocycles. The monoisotopic (exact) mass is 262 g/mol. The molecule has 1 saturated carbocycles. The van der Waals surface area contributed by atoms with Crippen molar-refractivity contribution in [2.24, 2.45) is 5.92 Å². The van der Waals surface area contributed by atoms with Crippen LogP contribution in [-0.2, 0) is 4.79 Å². The van der Waals surface area contributed by atoms with Gasteiger partial charge in [-0.1, -0.05) is 13.3 Å². The standard InChI is InChI=1S/C13H26N2O.ClH/c1-4-11-5-7-12(8-6-11)15(3)13(16)9-10-14-2;/h11-12,14H,4-10H2,1-3H3;1H. The predicted molar refractivity (Wildman–Crippen MR) is 74.6 cm³/mol. The fourth-order valence-corrected chi connectivity index (χ4v) is 2.55. The first-order valence-electron chi connectivity index (χ1n) is 6.59. The quantitative estimate of drug-likeness (QED) is 0.826. The molecule has 3 nitrogen and oxygen atoms in total. The lowest BCUT2D eigenvalue weighted by Crippen LogP contribution is -2.40. The molecular weight excluding hydrogens is 236 g/mol. The Kier molecular flexibility index (Phi) is 8.61. The molecule has 0 spiro atoms. The summed E-state index contributed by atoms with van der Waals surface area (Å²) in [6.07, 6.45) is 6.90. The van der Waals surface area contributed by atoms with Crippen molar-refractivity contribution in [3.8, 4) is 0 Å². The Morgan fingerprint density at radius 2 is 1.88 bits per heavy atom. The summed E-state index contributed by atoms with van der Waals surface area (Å²) in [5, 5.41) is 3.03. The summed E-state index contributed by atoms with van der Waals surface area (Å²) in [4.78, 5) is 13.8. The van der Waals surface area contributed by atoms with E-state index in [0.29, 0.717) is 12.5 Å². The van der Waals surface area contributed by atoms with Gasteiger partial charge in [-0.3, -0.25) is 4.79 Å². The van der Waals surface area contributed by atoms with Crippen molar-refractivity contribution in [2.75, 3.05) is 20.6 Å². The van der Waals surface area contributed by atoms with Crippen LogP contribution < -0.4 is 5.32 Å². The van der Waals surface area contributed by atoms with Gasteiger partial charge in [0.25, 0.3) is 0 Å². The maximum absolute atomic E-state index is 11.8. The summed E-state index contributed by atoms with van der Waals surface area (Å²) in [5.74, 6) is 1.19. The van der Waals surface area contributed by atoms with Crippen LogP contribution in [0.15, 0.2) is 0 Å². The number of hydrogen-bond donors (Lipinski definition) is 1. The fourth-order valence-electron chi connectivity index (χ4n) is 2.55. The van der Waals surface area contributed by atoms with E-state index in [-0.39, 0.29) is 18.3 Å². The minimum atomic E-state index is 0. The Morgan fingerprint density at radius 3 is 2.35 bits per heavy atom. The van der Waals surface area contributed by atoms with Crippen LogP contribution in [0.1, 0.15) is 45.4 Å². The molecule has 1 N–H and O–H groups in total. The average molecular weight is 263 g/mol. The molecule has 0 bridgehead atoms. The summed E-state index contributed by atoms with van der Waals surface area (Å²) in [5.41, 5.74) is 0. The second-order valence-electron chi connectivity index (χ2n) is 4.94. The van der Waals surface area contributed by atoms with Gasteiger partial charge in [0.15, 0.2) is 0 Å². The molecule has 102 valence electrons. The van der Waals surface area contributed by atoms with Crippen LogP contribution >= 0.6 is 12.4 Å². The molecule has 0 aromatic carbocycles. The average Bonchev–Trinajstić information content (AvgIpc) is 2.35. The number of carbonyl (C=O) groups is 1. The number of nitrogens with zero attached hydrogens (tertiary/aromatic N) is 1. The van der Waals surface area contributed by atoms with E-state index in [1.807, 2.05) is 19.0 Å². The largest absolute Gasteiger partial charge is 0.343 e. The second-order valence-corrected chi connectivity index (χ2v) is 4.94. The number of rotatable bonds is 5. The molecule has 0 atom stereocenters. The molecule has 0 heterocycles. The highest BCUT2D eigenvalue weighted by Gasteiger charge is 2.25. The van der Waals surface area contributed by atoms with Crippen molar-refractivity contribution in [3.63, 3.8) is 0 Å². The van der Waals surface area contributed by atoms with Gasteiger partial charge in [-0.05, 0) is 38.6 Å². The summed E-state index contributed by atoms with van der Waals surface area (Å²) in [6, 6.07) is 0.493. The molecule has 0 aromatic heterocycles. The maximum atomic E-state index is 11.8. The first-order chi connectivity index (χ1) is 7.69. The van der Waals surface area contributed by atoms with E-state index < -0.39 is 0 Å². The Balaban J connectivity index is 0.00000256. The van der Waals surface area contributed by atoms with Gasteiger partial charge in [-0.15, -0.1) is 12.4 Å². The minimum absolute atomic E-state index is 0. The van der Waals surface area contributed by atoms with Crippen molar-refractivity contribution >= 4 is 18.3 Å². The molecule has 1 aliphatic rings. The summed E-state index contributed by atoms with van der Waals surface area (Å²) in [7, 11) is 3.86. The number of hydrogen-bond acceptors (Lipinski definition) is 2. The topological polar surface area (TPSA) is 32.3 Å². The molecule has 1 amide bonds.